The van der Waals surface area contributed by atoms with Crippen molar-refractivity contribution in [2.45, 2.75) is 24.2 Å². The van der Waals surface area contributed by atoms with Gasteiger partial charge in [-0.15, -0.1) is 12.4 Å². The van der Waals surface area contributed by atoms with E-state index in [0.29, 0.717) is 12.3 Å². The first-order valence-corrected chi connectivity index (χ1v) is 10.3. The summed E-state index contributed by atoms with van der Waals surface area (Å²) in [6.07, 6.45) is 2.19. The number of hydrogen-bond acceptors (Lipinski definition) is 5. The number of nitrogens with one attached hydrogen (secondary N) is 2. The second-order valence-electron chi connectivity index (χ2n) is 6.61. The van der Waals surface area contributed by atoms with Crippen molar-refractivity contribution in [2.75, 3.05) is 44.7 Å². The molecule has 1 aromatic rings. The SMILES string of the molecule is Cl.O=C(CCC1CCNC1)Nc1ccc(F)c(S(=O)(=O)N2CCOCC2)c1. The van der Waals surface area contributed by atoms with Gasteiger partial charge in [0.05, 0.1) is 13.2 Å². The number of carbonyl (C=O) groups excluding carboxylic acids is 1. The van der Waals surface area contributed by atoms with Gasteiger partial charge in [0.25, 0.3) is 0 Å². The maximum Gasteiger partial charge on any atom is 0.246 e. The summed E-state index contributed by atoms with van der Waals surface area (Å²) in [5.74, 6) is -0.532. The lowest BCUT2D eigenvalue weighted by Gasteiger charge is -2.26. The van der Waals surface area contributed by atoms with E-state index < -0.39 is 20.7 Å². The number of ether oxygens (including phenoxy) is 1. The van der Waals surface area contributed by atoms with Crippen LogP contribution in [-0.2, 0) is 19.6 Å². The van der Waals surface area contributed by atoms with Crippen molar-refractivity contribution in [2.24, 2.45) is 5.92 Å². The van der Waals surface area contributed by atoms with E-state index >= 15 is 0 Å². The molecule has 0 saturated carbocycles. The van der Waals surface area contributed by atoms with Gasteiger partial charge in [-0.25, -0.2) is 12.8 Å². The average molecular weight is 422 g/mol. The molecule has 2 heterocycles. The predicted octanol–water partition coefficient (Wildman–Crippen LogP) is 1.60. The Kier molecular flexibility index (Phi) is 7.99. The van der Waals surface area contributed by atoms with E-state index in [-0.39, 0.29) is 50.3 Å². The highest BCUT2D eigenvalue weighted by molar-refractivity contribution is 7.89. The summed E-state index contributed by atoms with van der Waals surface area (Å²) in [4.78, 5) is 11.7. The summed E-state index contributed by atoms with van der Waals surface area (Å²) >= 11 is 0. The molecule has 2 N–H and O–H groups in total. The van der Waals surface area contributed by atoms with Crippen LogP contribution in [0.5, 0.6) is 0 Å². The number of halogens is 2. The number of anilines is 1. The highest BCUT2D eigenvalue weighted by Gasteiger charge is 2.29. The van der Waals surface area contributed by atoms with E-state index in [1.807, 2.05) is 0 Å². The highest BCUT2D eigenvalue weighted by Crippen LogP contribution is 2.24. The fourth-order valence-electron chi connectivity index (χ4n) is 3.22. The maximum absolute atomic E-state index is 14.2. The van der Waals surface area contributed by atoms with Crippen LogP contribution in [0.15, 0.2) is 23.1 Å². The van der Waals surface area contributed by atoms with E-state index in [2.05, 4.69) is 10.6 Å². The number of hydrogen-bond donors (Lipinski definition) is 2. The van der Waals surface area contributed by atoms with Crippen LogP contribution in [0.1, 0.15) is 19.3 Å². The zero-order valence-electron chi connectivity index (χ0n) is 14.9. The van der Waals surface area contributed by atoms with Crippen molar-refractivity contribution < 1.29 is 22.3 Å². The van der Waals surface area contributed by atoms with Crippen LogP contribution in [-0.4, -0.2) is 58.0 Å². The highest BCUT2D eigenvalue weighted by atomic mass is 35.5. The van der Waals surface area contributed by atoms with E-state index in [0.717, 1.165) is 32.0 Å². The molecule has 27 heavy (non-hydrogen) atoms. The number of amides is 1. The Morgan fingerprint density at radius 2 is 2.07 bits per heavy atom. The van der Waals surface area contributed by atoms with Crippen molar-refractivity contribution in [3.8, 4) is 0 Å². The van der Waals surface area contributed by atoms with E-state index in [4.69, 9.17) is 4.74 Å². The zero-order chi connectivity index (χ0) is 18.6. The Balaban J connectivity index is 0.00000261. The Morgan fingerprint density at radius 1 is 1.33 bits per heavy atom. The lowest BCUT2D eigenvalue weighted by atomic mass is 10.0. The van der Waals surface area contributed by atoms with Crippen LogP contribution in [0.2, 0.25) is 0 Å². The molecule has 1 unspecified atom stereocenters. The number of sulfonamides is 1. The van der Waals surface area contributed by atoms with Gasteiger partial charge in [-0.3, -0.25) is 4.79 Å². The molecule has 2 aliphatic rings. The first-order valence-electron chi connectivity index (χ1n) is 8.85. The standard InChI is InChI=1S/C17H24FN3O4S.ClH/c18-15-3-2-14(20-17(22)4-1-13-5-6-19-12-13)11-16(15)26(23,24)21-7-9-25-10-8-21;/h2-3,11,13,19H,1,4-10,12H2,(H,20,22);1H. The van der Waals surface area contributed by atoms with Crippen LogP contribution in [0.4, 0.5) is 10.1 Å². The third-order valence-corrected chi connectivity index (χ3v) is 6.66. The van der Waals surface area contributed by atoms with Crippen molar-refractivity contribution in [3.05, 3.63) is 24.0 Å². The monoisotopic (exact) mass is 421 g/mol. The van der Waals surface area contributed by atoms with Crippen LogP contribution >= 0.6 is 12.4 Å². The number of benzene rings is 1. The maximum atomic E-state index is 14.2. The first kappa shape index (κ1) is 22.0. The number of nitrogens with zero attached hydrogens (tertiary/aromatic N) is 1. The fraction of sp³-hybridized carbons (Fsp3) is 0.588. The van der Waals surface area contributed by atoms with Gasteiger partial charge in [0.2, 0.25) is 15.9 Å². The van der Waals surface area contributed by atoms with Crippen LogP contribution in [0.3, 0.4) is 0 Å². The molecule has 0 aliphatic carbocycles. The molecule has 2 saturated heterocycles. The van der Waals surface area contributed by atoms with Gasteiger partial charge >= 0.3 is 0 Å². The molecular weight excluding hydrogens is 397 g/mol. The third-order valence-electron chi connectivity index (χ3n) is 4.74. The molecule has 2 fully saturated rings. The van der Waals surface area contributed by atoms with Gasteiger partial charge in [0, 0.05) is 25.2 Å². The predicted molar refractivity (Wildman–Crippen MR) is 102 cm³/mol. The molecule has 3 rings (SSSR count). The number of rotatable bonds is 6. The summed E-state index contributed by atoms with van der Waals surface area (Å²) in [6.45, 7) is 2.85. The van der Waals surface area contributed by atoms with Crippen LogP contribution < -0.4 is 10.6 Å². The molecule has 0 spiro atoms. The molecular formula is C17H25ClFN3O4S. The van der Waals surface area contributed by atoms with Crippen molar-refractivity contribution in [1.29, 1.82) is 0 Å². The molecule has 2 aliphatic heterocycles. The van der Waals surface area contributed by atoms with Gasteiger partial charge in [-0.2, -0.15) is 4.31 Å². The molecule has 0 bridgehead atoms. The molecule has 1 atom stereocenters. The second kappa shape index (κ2) is 9.79. The normalized spacial score (nSPS) is 20.9. The number of morpholine rings is 1. The van der Waals surface area contributed by atoms with Gasteiger partial charge in [-0.1, -0.05) is 0 Å². The first-order chi connectivity index (χ1) is 12.5. The molecule has 152 valence electrons. The largest absolute Gasteiger partial charge is 0.379 e. The second-order valence-corrected chi connectivity index (χ2v) is 8.51. The fourth-order valence-corrected chi connectivity index (χ4v) is 4.72. The van der Waals surface area contributed by atoms with Crippen LogP contribution in [0.25, 0.3) is 0 Å². The lowest BCUT2D eigenvalue weighted by Crippen LogP contribution is -2.40. The average Bonchev–Trinajstić information content (AvgIpc) is 3.16. The minimum absolute atomic E-state index is 0. The summed E-state index contributed by atoms with van der Waals surface area (Å²) in [7, 11) is -3.96. The summed E-state index contributed by atoms with van der Waals surface area (Å²) in [5, 5.41) is 5.93. The molecule has 1 aromatic carbocycles. The van der Waals surface area contributed by atoms with Gasteiger partial charge in [-0.05, 0) is 50.0 Å². The summed E-state index contributed by atoms with van der Waals surface area (Å²) in [5.41, 5.74) is 0.285. The van der Waals surface area contributed by atoms with Gasteiger partial charge in [0.15, 0.2) is 0 Å². The summed E-state index contributed by atoms with van der Waals surface area (Å²) in [6, 6.07) is 3.64. The van der Waals surface area contributed by atoms with Crippen LogP contribution in [0, 0.1) is 11.7 Å². The summed E-state index contributed by atoms with van der Waals surface area (Å²) < 4.78 is 45.8. The van der Waals surface area contributed by atoms with Gasteiger partial charge < -0.3 is 15.4 Å². The zero-order valence-corrected chi connectivity index (χ0v) is 16.6. The Morgan fingerprint density at radius 3 is 2.74 bits per heavy atom. The van der Waals surface area contributed by atoms with E-state index in [1.54, 1.807) is 0 Å². The minimum atomic E-state index is -3.96. The molecule has 0 radical (unpaired) electrons. The van der Waals surface area contributed by atoms with E-state index in [1.165, 1.54) is 16.4 Å². The van der Waals surface area contributed by atoms with E-state index in [9.17, 15) is 17.6 Å². The Bertz CT molecular complexity index is 751. The van der Waals surface area contributed by atoms with Crippen molar-refractivity contribution in [1.82, 2.24) is 9.62 Å². The molecule has 1 amide bonds. The molecule has 0 aromatic heterocycles. The lowest BCUT2D eigenvalue weighted by molar-refractivity contribution is -0.116. The quantitative estimate of drug-likeness (QED) is 0.728. The number of carbonyl (C=O) groups is 1. The van der Waals surface area contributed by atoms with Gasteiger partial charge in [0.1, 0.15) is 10.7 Å². The smallest absolute Gasteiger partial charge is 0.246 e. The van der Waals surface area contributed by atoms with Crippen molar-refractivity contribution >= 4 is 34.0 Å². The Hall–Kier alpha value is -1.26. The molecule has 7 nitrogen and oxygen atoms in total. The minimum Gasteiger partial charge on any atom is -0.379 e. The van der Waals surface area contributed by atoms with Crippen molar-refractivity contribution in [3.63, 3.8) is 0 Å². The Labute approximate surface area is 165 Å². The topological polar surface area (TPSA) is 87.7 Å². The third kappa shape index (κ3) is 5.61. The molecule has 10 heteroatoms.